The molecule has 1 aliphatic heterocycles. The van der Waals surface area contributed by atoms with Crippen LogP contribution in [0.5, 0.6) is 0 Å². The van der Waals surface area contributed by atoms with Gasteiger partial charge in [0, 0.05) is 36.8 Å². The van der Waals surface area contributed by atoms with Crippen LogP contribution in [-0.4, -0.2) is 42.7 Å². The van der Waals surface area contributed by atoms with Crippen molar-refractivity contribution in [2.75, 3.05) is 32.8 Å². The molecule has 3 rings (SSSR count). The highest BCUT2D eigenvalue weighted by atomic mass is 16.5. The van der Waals surface area contributed by atoms with E-state index in [1.807, 2.05) is 6.92 Å². The fraction of sp³-hybridized carbons (Fsp3) is 0.438. The van der Waals surface area contributed by atoms with Crippen LogP contribution >= 0.6 is 0 Å². The molecule has 1 fully saturated rings. The minimum absolute atomic E-state index is 0.268. The van der Waals surface area contributed by atoms with E-state index in [0.717, 1.165) is 37.5 Å². The Morgan fingerprint density at radius 1 is 1.25 bits per heavy atom. The first-order valence-corrected chi connectivity index (χ1v) is 7.17. The topological polar surface area (TPSA) is 51.4 Å². The number of aromatic nitrogens is 1. The average molecular weight is 271 g/mol. The van der Waals surface area contributed by atoms with E-state index in [1.54, 1.807) is 0 Å². The first-order chi connectivity index (χ1) is 9.78. The van der Waals surface area contributed by atoms with Gasteiger partial charge in [-0.05, 0) is 30.7 Å². The van der Waals surface area contributed by atoms with Crippen LogP contribution in [0.4, 0.5) is 0 Å². The second-order valence-electron chi connectivity index (χ2n) is 5.30. The summed E-state index contributed by atoms with van der Waals surface area (Å²) in [4.78, 5) is 6.96. The van der Waals surface area contributed by atoms with Crippen molar-refractivity contribution >= 4 is 10.9 Å². The summed E-state index contributed by atoms with van der Waals surface area (Å²) >= 11 is 0. The van der Waals surface area contributed by atoms with E-state index >= 15 is 0 Å². The number of benzene rings is 1. The standard InChI is InChI=1S/C16H21N3O/c1-12-2-3-13-10-14(4-5-15(13)18-12)16(11-17)19-6-8-20-9-7-19/h2-5,10,16H,6-9,11,17H2,1H3. The Morgan fingerprint density at radius 3 is 2.80 bits per heavy atom. The first-order valence-electron chi connectivity index (χ1n) is 7.17. The van der Waals surface area contributed by atoms with E-state index in [2.05, 4.69) is 40.2 Å². The maximum Gasteiger partial charge on any atom is 0.0705 e. The molecule has 0 radical (unpaired) electrons. The molecule has 2 heterocycles. The highest BCUT2D eigenvalue weighted by Gasteiger charge is 2.21. The molecule has 1 unspecified atom stereocenters. The van der Waals surface area contributed by atoms with E-state index in [4.69, 9.17) is 10.5 Å². The third kappa shape index (κ3) is 2.68. The predicted octanol–water partition coefficient (Wildman–Crippen LogP) is 1.88. The Bertz CT molecular complexity index is 593. The highest BCUT2D eigenvalue weighted by molar-refractivity contribution is 5.79. The van der Waals surface area contributed by atoms with Crippen LogP contribution in [0.25, 0.3) is 10.9 Å². The molecule has 0 aliphatic carbocycles. The van der Waals surface area contributed by atoms with E-state index in [0.29, 0.717) is 6.54 Å². The molecule has 0 spiro atoms. The molecule has 1 aliphatic rings. The predicted molar refractivity (Wildman–Crippen MR) is 80.7 cm³/mol. The lowest BCUT2D eigenvalue weighted by molar-refractivity contribution is 0.0179. The van der Waals surface area contributed by atoms with Crippen molar-refractivity contribution < 1.29 is 4.74 Å². The second kappa shape index (κ2) is 5.87. The monoisotopic (exact) mass is 271 g/mol. The van der Waals surface area contributed by atoms with E-state index < -0.39 is 0 Å². The van der Waals surface area contributed by atoms with Crippen LogP contribution in [-0.2, 0) is 4.74 Å². The Hall–Kier alpha value is -1.49. The molecule has 0 bridgehead atoms. The van der Waals surface area contributed by atoms with Crippen molar-refractivity contribution in [1.82, 2.24) is 9.88 Å². The minimum Gasteiger partial charge on any atom is -0.379 e. The van der Waals surface area contributed by atoms with Gasteiger partial charge < -0.3 is 10.5 Å². The zero-order chi connectivity index (χ0) is 13.9. The van der Waals surface area contributed by atoms with Gasteiger partial charge in [0.2, 0.25) is 0 Å². The summed E-state index contributed by atoms with van der Waals surface area (Å²) in [6.07, 6.45) is 0. The van der Waals surface area contributed by atoms with E-state index in [-0.39, 0.29) is 6.04 Å². The Kier molecular flexibility index (Phi) is 3.96. The minimum atomic E-state index is 0.268. The van der Waals surface area contributed by atoms with Gasteiger partial charge in [0.25, 0.3) is 0 Å². The van der Waals surface area contributed by atoms with Gasteiger partial charge in [-0.25, -0.2) is 0 Å². The lowest BCUT2D eigenvalue weighted by atomic mass is 10.0. The van der Waals surface area contributed by atoms with Gasteiger partial charge in [0.05, 0.1) is 18.7 Å². The summed E-state index contributed by atoms with van der Waals surface area (Å²) in [5.41, 5.74) is 9.37. The van der Waals surface area contributed by atoms with Gasteiger partial charge in [0.15, 0.2) is 0 Å². The Morgan fingerprint density at radius 2 is 2.05 bits per heavy atom. The summed E-state index contributed by atoms with van der Waals surface area (Å²) in [6, 6.07) is 10.9. The van der Waals surface area contributed by atoms with Crippen LogP contribution < -0.4 is 5.73 Å². The lowest BCUT2D eigenvalue weighted by Gasteiger charge is -2.34. The molecular formula is C16H21N3O. The van der Waals surface area contributed by atoms with Gasteiger partial charge in [-0.2, -0.15) is 0 Å². The molecule has 2 aromatic rings. The Balaban J connectivity index is 1.92. The van der Waals surface area contributed by atoms with Gasteiger partial charge in [-0.15, -0.1) is 0 Å². The number of rotatable bonds is 3. The summed E-state index contributed by atoms with van der Waals surface area (Å²) in [5, 5.41) is 1.18. The molecule has 20 heavy (non-hydrogen) atoms. The number of morpholine rings is 1. The molecule has 4 heteroatoms. The first kappa shape index (κ1) is 13.5. The maximum absolute atomic E-state index is 6.01. The largest absolute Gasteiger partial charge is 0.379 e. The van der Waals surface area contributed by atoms with Crippen molar-refractivity contribution in [3.8, 4) is 0 Å². The summed E-state index contributed by atoms with van der Waals surface area (Å²) in [5.74, 6) is 0. The summed E-state index contributed by atoms with van der Waals surface area (Å²) < 4.78 is 5.42. The van der Waals surface area contributed by atoms with Crippen molar-refractivity contribution in [3.05, 3.63) is 41.6 Å². The molecule has 1 aromatic carbocycles. The molecule has 0 amide bonds. The number of nitrogens with two attached hydrogens (primary N) is 1. The Labute approximate surface area is 119 Å². The molecule has 0 saturated carbocycles. The van der Waals surface area contributed by atoms with Crippen LogP contribution in [0.3, 0.4) is 0 Å². The lowest BCUT2D eigenvalue weighted by Crippen LogP contribution is -2.41. The van der Waals surface area contributed by atoms with Crippen LogP contribution in [0.2, 0.25) is 0 Å². The van der Waals surface area contributed by atoms with Gasteiger partial charge in [-0.3, -0.25) is 9.88 Å². The number of aryl methyl sites for hydroxylation is 1. The van der Waals surface area contributed by atoms with Gasteiger partial charge >= 0.3 is 0 Å². The zero-order valence-corrected chi connectivity index (χ0v) is 11.9. The van der Waals surface area contributed by atoms with E-state index in [9.17, 15) is 0 Å². The molecular weight excluding hydrogens is 250 g/mol. The molecule has 2 N–H and O–H groups in total. The summed E-state index contributed by atoms with van der Waals surface area (Å²) in [6.45, 7) is 6.14. The smallest absolute Gasteiger partial charge is 0.0705 e. The van der Waals surface area contributed by atoms with Gasteiger partial charge in [-0.1, -0.05) is 12.1 Å². The SMILES string of the molecule is Cc1ccc2cc(C(CN)N3CCOCC3)ccc2n1. The van der Waals surface area contributed by atoms with Gasteiger partial charge in [0.1, 0.15) is 0 Å². The average Bonchev–Trinajstić information content (AvgIpc) is 2.49. The third-order valence-electron chi connectivity index (χ3n) is 3.95. The number of fused-ring (bicyclic) bond motifs is 1. The number of hydrogen-bond acceptors (Lipinski definition) is 4. The fourth-order valence-electron chi connectivity index (χ4n) is 2.84. The van der Waals surface area contributed by atoms with Crippen molar-refractivity contribution in [2.24, 2.45) is 5.73 Å². The van der Waals surface area contributed by atoms with Crippen LogP contribution in [0, 0.1) is 6.92 Å². The summed E-state index contributed by atoms with van der Waals surface area (Å²) in [7, 11) is 0. The zero-order valence-electron chi connectivity index (χ0n) is 11.9. The molecule has 1 aromatic heterocycles. The van der Waals surface area contributed by atoms with Crippen molar-refractivity contribution in [3.63, 3.8) is 0 Å². The number of nitrogens with zero attached hydrogens (tertiary/aromatic N) is 2. The molecule has 1 atom stereocenters. The van der Waals surface area contributed by atoms with Crippen LogP contribution in [0.15, 0.2) is 30.3 Å². The van der Waals surface area contributed by atoms with Crippen molar-refractivity contribution in [1.29, 1.82) is 0 Å². The highest BCUT2D eigenvalue weighted by Crippen LogP contribution is 2.24. The second-order valence-corrected chi connectivity index (χ2v) is 5.30. The number of ether oxygens (including phenoxy) is 1. The number of hydrogen-bond donors (Lipinski definition) is 1. The molecule has 4 nitrogen and oxygen atoms in total. The fourth-order valence-corrected chi connectivity index (χ4v) is 2.84. The quantitative estimate of drug-likeness (QED) is 0.926. The molecule has 1 saturated heterocycles. The maximum atomic E-state index is 6.01. The number of pyridine rings is 1. The van der Waals surface area contributed by atoms with E-state index in [1.165, 1.54) is 10.9 Å². The van der Waals surface area contributed by atoms with Crippen LogP contribution in [0.1, 0.15) is 17.3 Å². The normalized spacial score (nSPS) is 18.3. The van der Waals surface area contributed by atoms with Crippen molar-refractivity contribution in [2.45, 2.75) is 13.0 Å². The third-order valence-corrected chi connectivity index (χ3v) is 3.95. The molecule has 106 valence electrons.